The molecule has 0 saturated carbocycles. The number of rotatable bonds is 0. The normalized spacial score (nSPS) is 37.1. The van der Waals surface area contributed by atoms with Crippen LogP contribution < -0.4 is 0 Å². The minimum atomic E-state index is -1.26. The van der Waals surface area contributed by atoms with Crippen LogP contribution in [0.3, 0.4) is 0 Å². The molecule has 2 fully saturated rings. The number of aliphatic hydroxyl groups excluding tert-OH is 1. The summed E-state index contributed by atoms with van der Waals surface area (Å²) in [5.41, 5.74) is -0.634. The van der Waals surface area contributed by atoms with E-state index < -0.39 is 36.1 Å². The van der Waals surface area contributed by atoms with Gasteiger partial charge in [0.2, 0.25) is 0 Å². The van der Waals surface area contributed by atoms with E-state index in [0.29, 0.717) is 0 Å². The lowest BCUT2D eigenvalue weighted by atomic mass is 10.1. The monoisotopic (exact) mass is 247 g/mol. The van der Waals surface area contributed by atoms with Crippen molar-refractivity contribution in [2.24, 2.45) is 0 Å². The van der Waals surface area contributed by atoms with Crippen LogP contribution in [-0.2, 0) is 9.47 Å². The highest BCUT2D eigenvalue weighted by molar-refractivity contribution is 5.69. The number of amides is 1. The van der Waals surface area contributed by atoms with Gasteiger partial charge in [-0.3, -0.25) is 4.90 Å². The number of hydrogen-bond donors (Lipinski definition) is 1. The second-order valence-electron chi connectivity index (χ2n) is 5.50. The summed E-state index contributed by atoms with van der Waals surface area (Å²) >= 11 is 0. The van der Waals surface area contributed by atoms with Crippen LogP contribution >= 0.6 is 0 Å². The van der Waals surface area contributed by atoms with E-state index in [9.17, 15) is 14.3 Å². The number of alkyl halides is 1. The van der Waals surface area contributed by atoms with Crippen LogP contribution in [0.1, 0.15) is 20.8 Å². The van der Waals surface area contributed by atoms with Gasteiger partial charge in [-0.2, -0.15) is 0 Å². The van der Waals surface area contributed by atoms with Gasteiger partial charge in [0.1, 0.15) is 24.0 Å². The van der Waals surface area contributed by atoms with Crippen LogP contribution in [0, 0.1) is 0 Å². The minimum Gasteiger partial charge on any atom is -0.444 e. The van der Waals surface area contributed by atoms with Gasteiger partial charge in [0.15, 0.2) is 0 Å². The predicted octanol–water partition coefficient (Wildman–Crippen LogP) is 0.704. The quantitative estimate of drug-likeness (QED) is 0.684. The highest BCUT2D eigenvalue weighted by Gasteiger charge is 2.53. The third kappa shape index (κ3) is 2.37. The van der Waals surface area contributed by atoms with Gasteiger partial charge in [-0.1, -0.05) is 0 Å². The maximum Gasteiger partial charge on any atom is 0.410 e. The highest BCUT2D eigenvalue weighted by Crippen LogP contribution is 2.32. The highest BCUT2D eigenvalue weighted by atomic mass is 19.1. The van der Waals surface area contributed by atoms with Crippen LogP contribution in [0.15, 0.2) is 0 Å². The van der Waals surface area contributed by atoms with E-state index in [2.05, 4.69) is 0 Å². The van der Waals surface area contributed by atoms with Gasteiger partial charge in [0.05, 0.1) is 19.2 Å². The Balaban J connectivity index is 2.08. The number of carbonyl (C=O) groups excluding carboxylic acids is 1. The molecule has 0 spiro atoms. The molecule has 2 aliphatic rings. The van der Waals surface area contributed by atoms with E-state index >= 15 is 0 Å². The topological polar surface area (TPSA) is 59.0 Å². The Bertz CT molecular complexity index is 317. The van der Waals surface area contributed by atoms with Crippen molar-refractivity contribution in [2.45, 2.75) is 50.8 Å². The molecule has 6 heteroatoms. The summed E-state index contributed by atoms with van der Waals surface area (Å²) in [5.74, 6) is 0. The summed E-state index contributed by atoms with van der Waals surface area (Å²) in [7, 11) is 0. The second-order valence-corrected chi connectivity index (χ2v) is 5.50. The van der Waals surface area contributed by atoms with Crippen LogP contribution in [0.4, 0.5) is 9.18 Å². The minimum absolute atomic E-state index is 0.0645. The summed E-state index contributed by atoms with van der Waals surface area (Å²) in [4.78, 5) is 13.1. The molecule has 0 aliphatic carbocycles. The van der Waals surface area contributed by atoms with E-state index in [1.165, 1.54) is 4.90 Å². The summed E-state index contributed by atoms with van der Waals surface area (Å²) in [6.45, 7) is 5.21. The molecule has 1 N–H and O–H groups in total. The Labute approximate surface area is 99.5 Å². The number of aliphatic hydroxyl groups is 1. The van der Waals surface area contributed by atoms with E-state index in [4.69, 9.17) is 9.47 Å². The largest absolute Gasteiger partial charge is 0.444 e. The molecule has 17 heavy (non-hydrogen) atoms. The maximum atomic E-state index is 13.6. The van der Waals surface area contributed by atoms with Crippen LogP contribution in [0.5, 0.6) is 0 Å². The molecular weight excluding hydrogens is 229 g/mol. The second kappa shape index (κ2) is 4.10. The lowest BCUT2D eigenvalue weighted by Crippen LogP contribution is -2.46. The standard InChI is InChI=1S/C11H18FNO4/c1-11(2,3)17-10(15)13-4-6(12)9-8(13)7(14)5-16-9/h6-9,14H,4-5H2,1-3H3. The summed E-state index contributed by atoms with van der Waals surface area (Å²) < 4.78 is 23.9. The SMILES string of the molecule is CC(C)(C)OC(=O)N1CC(F)C2OCC(O)C21. The van der Waals surface area contributed by atoms with Crippen LogP contribution in [-0.4, -0.2) is 59.3 Å². The fraction of sp³-hybridized carbons (Fsp3) is 0.909. The number of nitrogens with zero attached hydrogens (tertiary/aromatic N) is 1. The fourth-order valence-corrected chi connectivity index (χ4v) is 2.26. The van der Waals surface area contributed by atoms with E-state index in [1.807, 2.05) is 0 Å². The van der Waals surface area contributed by atoms with Crippen molar-refractivity contribution in [3.63, 3.8) is 0 Å². The van der Waals surface area contributed by atoms with Crippen molar-refractivity contribution >= 4 is 6.09 Å². The summed E-state index contributed by atoms with van der Waals surface area (Å²) in [6.07, 6.45) is -3.42. The number of ether oxygens (including phenoxy) is 2. The molecule has 4 unspecified atom stereocenters. The number of carbonyl (C=O) groups is 1. The molecule has 0 bridgehead atoms. The molecule has 2 aliphatic heterocycles. The van der Waals surface area contributed by atoms with Gasteiger partial charge >= 0.3 is 6.09 Å². The average molecular weight is 247 g/mol. The lowest BCUT2D eigenvalue weighted by molar-refractivity contribution is 0.00976. The smallest absolute Gasteiger partial charge is 0.410 e. The molecule has 0 aromatic rings. The Morgan fingerprint density at radius 3 is 2.76 bits per heavy atom. The van der Waals surface area contributed by atoms with Crippen molar-refractivity contribution in [1.82, 2.24) is 4.90 Å². The Hall–Kier alpha value is -0.880. The third-order valence-corrected chi connectivity index (χ3v) is 2.91. The molecule has 2 saturated heterocycles. The zero-order valence-electron chi connectivity index (χ0n) is 10.2. The van der Waals surface area contributed by atoms with Crippen LogP contribution in [0.2, 0.25) is 0 Å². The van der Waals surface area contributed by atoms with Crippen molar-refractivity contribution in [2.75, 3.05) is 13.2 Å². The van der Waals surface area contributed by atoms with Gasteiger partial charge < -0.3 is 14.6 Å². The number of hydrogen-bond acceptors (Lipinski definition) is 4. The summed E-state index contributed by atoms with van der Waals surface area (Å²) in [5, 5.41) is 9.69. The molecule has 5 nitrogen and oxygen atoms in total. The summed E-state index contributed by atoms with van der Waals surface area (Å²) in [6, 6.07) is -0.625. The molecular formula is C11H18FNO4. The first-order chi connectivity index (χ1) is 7.79. The Morgan fingerprint density at radius 2 is 2.18 bits per heavy atom. The Morgan fingerprint density at radius 1 is 1.53 bits per heavy atom. The molecule has 4 atom stereocenters. The van der Waals surface area contributed by atoms with Crippen molar-refractivity contribution in [1.29, 1.82) is 0 Å². The lowest BCUT2D eigenvalue weighted by Gasteiger charge is -2.28. The van der Waals surface area contributed by atoms with Gasteiger partial charge in [0.25, 0.3) is 0 Å². The van der Waals surface area contributed by atoms with Crippen molar-refractivity contribution in [3.8, 4) is 0 Å². The molecule has 1 amide bonds. The molecule has 0 aromatic heterocycles. The van der Waals surface area contributed by atoms with Gasteiger partial charge in [-0.05, 0) is 20.8 Å². The fourth-order valence-electron chi connectivity index (χ4n) is 2.26. The van der Waals surface area contributed by atoms with Crippen molar-refractivity contribution < 1.29 is 23.8 Å². The van der Waals surface area contributed by atoms with E-state index in [0.717, 1.165) is 0 Å². The molecule has 0 aromatic carbocycles. The number of halogens is 1. The predicted molar refractivity (Wildman–Crippen MR) is 57.4 cm³/mol. The van der Waals surface area contributed by atoms with Crippen molar-refractivity contribution in [3.05, 3.63) is 0 Å². The first-order valence-electron chi connectivity index (χ1n) is 5.73. The van der Waals surface area contributed by atoms with Gasteiger partial charge in [-0.25, -0.2) is 9.18 Å². The van der Waals surface area contributed by atoms with E-state index in [-0.39, 0.29) is 13.2 Å². The Kier molecular flexibility index (Phi) is 3.03. The number of fused-ring (bicyclic) bond motifs is 1. The van der Waals surface area contributed by atoms with E-state index in [1.54, 1.807) is 20.8 Å². The first-order valence-corrected chi connectivity index (χ1v) is 5.73. The molecule has 2 heterocycles. The van der Waals surface area contributed by atoms with Gasteiger partial charge in [0, 0.05) is 0 Å². The zero-order valence-corrected chi connectivity index (χ0v) is 10.2. The van der Waals surface area contributed by atoms with Gasteiger partial charge in [-0.15, -0.1) is 0 Å². The first kappa shape index (κ1) is 12.6. The third-order valence-electron chi connectivity index (χ3n) is 2.91. The van der Waals surface area contributed by atoms with Crippen LogP contribution in [0.25, 0.3) is 0 Å². The molecule has 0 radical (unpaired) electrons. The number of likely N-dealkylation sites (tertiary alicyclic amines) is 1. The molecule has 98 valence electrons. The average Bonchev–Trinajstić information content (AvgIpc) is 2.67. The maximum absolute atomic E-state index is 13.6. The zero-order chi connectivity index (χ0) is 12.8. The molecule has 2 rings (SSSR count).